The molecular formula is C27H28N2O2S. The van der Waals surface area contributed by atoms with Gasteiger partial charge in [-0.05, 0) is 38.5 Å². The molecule has 1 aliphatic carbocycles. The molecule has 1 atom stereocenters. The predicted octanol–water partition coefficient (Wildman–Crippen LogP) is 7.77. The number of benzene rings is 2. The molecular weight excluding hydrogens is 416 g/mol. The van der Waals surface area contributed by atoms with E-state index in [0.717, 1.165) is 66.8 Å². The minimum absolute atomic E-state index is 0.00312. The number of oxime groups is 1. The first-order valence-corrected chi connectivity index (χ1v) is 12.0. The lowest BCUT2D eigenvalue weighted by Gasteiger charge is -2.15. The third-order valence-corrected chi connectivity index (χ3v) is 6.60. The van der Waals surface area contributed by atoms with Gasteiger partial charge in [-0.2, -0.15) is 0 Å². The van der Waals surface area contributed by atoms with Crippen LogP contribution in [0.1, 0.15) is 38.5 Å². The third kappa shape index (κ3) is 5.80. The predicted molar refractivity (Wildman–Crippen MR) is 132 cm³/mol. The Bertz CT molecular complexity index is 1010. The lowest BCUT2D eigenvalue weighted by molar-refractivity contribution is 0.316. The molecule has 0 saturated carbocycles. The number of hydrogen-bond acceptors (Lipinski definition) is 5. The maximum absolute atomic E-state index is 9.74. The van der Waals surface area contributed by atoms with Gasteiger partial charge in [0, 0.05) is 11.1 Å². The number of hydrogen-bond donors (Lipinski definition) is 1. The first-order chi connectivity index (χ1) is 15.8. The van der Waals surface area contributed by atoms with Gasteiger partial charge in [0.25, 0.3) is 5.22 Å². The number of allylic oxidation sites excluding steroid dienone is 4. The van der Waals surface area contributed by atoms with Gasteiger partial charge < -0.3 is 9.62 Å². The molecule has 0 amide bonds. The van der Waals surface area contributed by atoms with Crippen molar-refractivity contribution in [3.63, 3.8) is 0 Å². The van der Waals surface area contributed by atoms with Crippen LogP contribution in [0.25, 0.3) is 22.6 Å². The molecule has 4 rings (SSSR count). The zero-order chi connectivity index (χ0) is 22.0. The van der Waals surface area contributed by atoms with Crippen LogP contribution in [0.3, 0.4) is 0 Å². The van der Waals surface area contributed by atoms with Crippen LogP contribution in [-0.4, -0.2) is 21.2 Å². The second-order valence-corrected chi connectivity index (χ2v) is 8.88. The molecule has 32 heavy (non-hydrogen) atoms. The molecule has 1 N–H and O–H groups in total. The Kier molecular flexibility index (Phi) is 7.99. The van der Waals surface area contributed by atoms with E-state index in [2.05, 4.69) is 29.5 Å². The Morgan fingerprint density at radius 1 is 0.812 bits per heavy atom. The summed E-state index contributed by atoms with van der Waals surface area (Å²) in [7, 11) is 0. The van der Waals surface area contributed by atoms with Crippen molar-refractivity contribution in [3.8, 4) is 22.6 Å². The zero-order valence-corrected chi connectivity index (χ0v) is 18.9. The van der Waals surface area contributed by atoms with E-state index in [0.29, 0.717) is 5.22 Å². The number of oxazole rings is 1. The average molecular weight is 445 g/mol. The highest BCUT2D eigenvalue weighted by molar-refractivity contribution is 8.00. The van der Waals surface area contributed by atoms with E-state index in [1.165, 1.54) is 0 Å². The fourth-order valence-electron chi connectivity index (χ4n) is 3.76. The van der Waals surface area contributed by atoms with Crippen molar-refractivity contribution in [2.24, 2.45) is 5.16 Å². The monoisotopic (exact) mass is 444 g/mol. The normalized spacial score (nSPS) is 20.9. The van der Waals surface area contributed by atoms with Gasteiger partial charge in [0.05, 0.1) is 11.0 Å². The lowest BCUT2D eigenvalue weighted by atomic mass is 10.1. The quantitative estimate of drug-likeness (QED) is 0.254. The molecule has 0 bridgehead atoms. The molecule has 164 valence electrons. The zero-order valence-electron chi connectivity index (χ0n) is 18.1. The van der Waals surface area contributed by atoms with Crippen LogP contribution < -0.4 is 0 Å². The van der Waals surface area contributed by atoms with Gasteiger partial charge >= 0.3 is 0 Å². The Balaban J connectivity index is 1.65. The van der Waals surface area contributed by atoms with E-state index in [1.54, 1.807) is 11.8 Å². The second kappa shape index (κ2) is 11.5. The van der Waals surface area contributed by atoms with Gasteiger partial charge in [0.1, 0.15) is 5.69 Å². The molecule has 0 fully saturated rings. The van der Waals surface area contributed by atoms with Crippen LogP contribution >= 0.6 is 11.8 Å². The fourth-order valence-corrected chi connectivity index (χ4v) is 4.83. The van der Waals surface area contributed by atoms with Crippen molar-refractivity contribution in [1.82, 2.24) is 4.98 Å². The Labute approximate surface area is 193 Å². The summed E-state index contributed by atoms with van der Waals surface area (Å²) in [5.41, 5.74) is 3.63. The minimum Gasteiger partial charge on any atom is -0.431 e. The summed E-state index contributed by atoms with van der Waals surface area (Å²) in [4.78, 5) is 4.88. The molecule has 2 aromatic carbocycles. The van der Waals surface area contributed by atoms with E-state index in [1.807, 2.05) is 60.7 Å². The highest BCUT2D eigenvalue weighted by Gasteiger charge is 2.23. The van der Waals surface area contributed by atoms with E-state index < -0.39 is 0 Å². The van der Waals surface area contributed by atoms with Gasteiger partial charge in [0.2, 0.25) is 0 Å². The van der Waals surface area contributed by atoms with Crippen LogP contribution in [-0.2, 0) is 0 Å². The van der Waals surface area contributed by atoms with E-state index >= 15 is 0 Å². The second-order valence-electron chi connectivity index (χ2n) is 7.72. The molecule has 1 aromatic heterocycles. The van der Waals surface area contributed by atoms with Crippen LogP contribution in [0.2, 0.25) is 0 Å². The summed E-state index contributed by atoms with van der Waals surface area (Å²) in [6.07, 6.45) is 14.4. The summed E-state index contributed by atoms with van der Waals surface area (Å²) in [6, 6.07) is 20.2. The molecule has 3 aromatic rings. The minimum atomic E-state index is 0.00312. The molecule has 1 aliphatic rings. The van der Waals surface area contributed by atoms with Gasteiger partial charge in [0.15, 0.2) is 5.76 Å². The summed E-state index contributed by atoms with van der Waals surface area (Å²) >= 11 is 1.55. The van der Waals surface area contributed by atoms with E-state index in [9.17, 15) is 5.21 Å². The van der Waals surface area contributed by atoms with Gasteiger partial charge in [-0.15, -0.1) is 0 Å². The smallest absolute Gasteiger partial charge is 0.257 e. The molecule has 0 radical (unpaired) electrons. The highest BCUT2D eigenvalue weighted by atomic mass is 32.2. The first kappa shape index (κ1) is 22.2. The fraction of sp³-hybridized carbons (Fsp3) is 0.259. The summed E-state index contributed by atoms with van der Waals surface area (Å²) in [5, 5.41) is 14.0. The summed E-state index contributed by atoms with van der Waals surface area (Å²) in [5.74, 6) is 0.762. The first-order valence-electron chi connectivity index (χ1n) is 11.1. The number of aromatic nitrogens is 1. The topological polar surface area (TPSA) is 58.6 Å². The number of thioether (sulfide) groups is 1. The molecule has 0 spiro atoms. The van der Waals surface area contributed by atoms with Crippen LogP contribution in [0.5, 0.6) is 0 Å². The van der Waals surface area contributed by atoms with Gasteiger partial charge in [-0.25, -0.2) is 4.98 Å². The summed E-state index contributed by atoms with van der Waals surface area (Å²) in [6.45, 7) is 0. The Morgan fingerprint density at radius 2 is 1.44 bits per heavy atom. The van der Waals surface area contributed by atoms with Crippen molar-refractivity contribution in [2.75, 3.05) is 0 Å². The van der Waals surface area contributed by atoms with Crippen LogP contribution in [0.4, 0.5) is 0 Å². The maximum Gasteiger partial charge on any atom is 0.257 e. The Hall–Kier alpha value is -3.05. The van der Waals surface area contributed by atoms with Crippen LogP contribution in [0.15, 0.2) is 99.8 Å². The molecule has 1 heterocycles. The van der Waals surface area contributed by atoms with Crippen LogP contribution in [0, 0.1) is 0 Å². The van der Waals surface area contributed by atoms with Crippen molar-refractivity contribution in [2.45, 2.75) is 49.0 Å². The Morgan fingerprint density at radius 3 is 2.12 bits per heavy atom. The highest BCUT2D eigenvalue weighted by Crippen LogP contribution is 2.38. The summed E-state index contributed by atoms with van der Waals surface area (Å²) < 4.78 is 6.31. The van der Waals surface area contributed by atoms with Crippen molar-refractivity contribution in [1.29, 1.82) is 0 Å². The number of nitrogens with zero attached hydrogens (tertiary/aromatic N) is 2. The van der Waals surface area contributed by atoms with Crippen molar-refractivity contribution in [3.05, 3.63) is 85.0 Å². The lowest BCUT2D eigenvalue weighted by Crippen LogP contribution is -2.17. The number of rotatable bonds is 4. The molecule has 0 saturated heterocycles. The van der Waals surface area contributed by atoms with E-state index in [-0.39, 0.29) is 5.25 Å². The molecule has 1 unspecified atom stereocenters. The SMILES string of the molecule is O/N=C1\CC/C=C/CC/C=C/CCC1Sc1nc(-c2ccccc2)c(-c2ccccc2)o1. The average Bonchev–Trinajstić information content (AvgIpc) is 3.26. The molecule has 0 aliphatic heterocycles. The molecule has 4 nitrogen and oxygen atoms in total. The van der Waals surface area contributed by atoms with Gasteiger partial charge in [-0.1, -0.05) is 102 Å². The largest absolute Gasteiger partial charge is 0.431 e. The van der Waals surface area contributed by atoms with Crippen molar-refractivity contribution >= 4 is 17.5 Å². The standard InChI is InChI=1S/C27H28N2O2S/c30-29-23-19-13-5-3-1-2-4-6-14-20-24(23)32-27-28-25(21-15-9-7-10-16-21)26(31-27)22-17-11-8-12-18-22/h3-12,15-18,24,30H,1-2,13-14,19-20H2/b5-3+,6-4+,29-23+. The van der Waals surface area contributed by atoms with Gasteiger partial charge in [-0.3, -0.25) is 0 Å². The molecule has 5 heteroatoms. The van der Waals surface area contributed by atoms with E-state index in [4.69, 9.17) is 9.40 Å². The maximum atomic E-state index is 9.74. The third-order valence-electron chi connectivity index (χ3n) is 5.43. The van der Waals surface area contributed by atoms with Crippen molar-refractivity contribution < 1.29 is 9.62 Å².